The molecule has 0 saturated carbocycles. The predicted molar refractivity (Wildman–Crippen MR) is 174 cm³/mol. The molecular formula is C39H42O6. The zero-order valence-corrected chi connectivity index (χ0v) is 26.2. The molecule has 6 heteroatoms. The molecule has 5 atom stereocenters. The summed E-state index contributed by atoms with van der Waals surface area (Å²) in [5.41, 5.74) is 1.00. The summed E-state index contributed by atoms with van der Waals surface area (Å²) in [4.78, 5) is 12.2. The lowest BCUT2D eigenvalue weighted by Gasteiger charge is -2.38. The number of rotatable bonds is 12. The molecule has 6 nitrogen and oxygen atoms in total. The first-order chi connectivity index (χ1) is 21.7. The summed E-state index contributed by atoms with van der Waals surface area (Å²) in [7, 11) is 0. The van der Waals surface area contributed by atoms with Gasteiger partial charge in [-0.15, -0.1) is 6.42 Å². The molecule has 0 bridgehead atoms. The van der Waals surface area contributed by atoms with Crippen molar-refractivity contribution in [2.45, 2.75) is 75.3 Å². The number of aliphatic hydroxyl groups is 1. The number of benzene rings is 3. The second kappa shape index (κ2) is 14.0. The second-order valence-corrected chi connectivity index (χ2v) is 12.1. The van der Waals surface area contributed by atoms with Crippen LogP contribution in [0.2, 0.25) is 0 Å². The van der Waals surface area contributed by atoms with Gasteiger partial charge in [-0.2, -0.15) is 0 Å². The van der Waals surface area contributed by atoms with Crippen LogP contribution in [0, 0.1) is 18.3 Å². The fourth-order valence-corrected chi connectivity index (χ4v) is 6.46. The van der Waals surface area contributed by atoms with E-state index in [-0.39, 0.29) is 24.9 Å². The molecule has 45 heavy (non-hydrogen) atoms. The van der Waals surface area contributed by atoms with Crippen molar-refractivity contribution in [3.05, 3.63) is 132 Å². The molecule has 1 fully saturated rings. The van der Waals surface area contributed by atoms with Crippen molar-refractivity contribution < 1.29 is 28.8 Å². The third-order valence-electron chi connectivity index (χ3n) is 8.58. The van der Waals surface area contributed by atoms with Crippen LogP contribution in [0.25, 0.3) is 0 Å². The standard InChI is InChI=1S/C39H42O6/c1-5-29-22-23-36(41)43-34(29)24-25-38(35(28-33(40)6-2)44-37(3,4)45-38)26-27-42-39(30-16-10-7-11-17-30,31-18-12-8-13-19-31)32-20-14-9-15-21-32/h2,7-25,29,33-35,40H,5,26-28H2,1,3-4H3/b25-24+/t29-,33+,34-,35+,38-/m0/s1. The second-order valence-electron chi connectivity index (χ2n) is 12.1. The molecule has 3 aromatic carbocycles. The molecule has 3 aromatic rings. The molecule has 0 unspecified atom stereocenters. The van der Waals surface area contributed by atoms with Crippen LogP contribution < -0.4 is 0 Å². The summed E-state index contributed by atoms with van der Waals surface area (Å²) < 4.78 is 25.9. The van der Waals surface area contributed by atoms with Crippen molar-refractivity contribution >= 4 is 5.97 Å². The SMILES string of the molecule is C#C[C@@H](O)C[C@H]1OC(C)(C)O[C@@]1(/C=C/[C@@H]1OC(=O)C=C[C@@H]1CC)CCOC(c1ccccc1)(c1ccccc1)c1ccccc1. The highest BCUT2D eigenvalue weighted by atomic mass is 16.8. The van der Waals surface area contributed by atoms with Crippen molar-refractivity contribution in [3.8, 4) is 12.3 Å². The van der Waals surface area contributed by atoms with Gasteiger partial charge in [0.05, 0.1) is 12.7 Å². The van der Waals surface area contributed by atoms with E-state index in [9.17, 15) is 9.90 Å². The fraction of sp³-hybridized carbons (Fsp3) is 0.359. The number of esters is 1. The van der Waals surface area contributed by atoms with E-state index < -0.39 is 35.3 Å². The first kappa shape index (κ1) is 32.4. The summed E-state index contributed by atoms with van der Waals surface area (Å²) in [6.45, 7) is 6.00. The van der Waals surface area contributed by atoms with Gasteiger partial charge in [-0.05, 0) is 43.0 Å². The highest BCUT2D eigenvalue weighted by molar-refractivity contribution is 5.83. The molecule has 0 aliphatic carbocycles. The summed E-state index contributed by atoms with van der Waals surface area (Å²) in [5, 5.41) is 10.5. The Balaban J connectivity index is 1.55. The van der Waals surface area contributed by atoms with Gasteiger partial charge in [0.25, 0.3) is 0 Å². The molecule has 234 valence electrons. The van der Waals surface area contributed by atoms with Crippen molar-refractivity contribution in [2.75, 3.05) is 6.61 Å². The van der Waals surface area contributed by atoms with Crippen molar-refractivity contribution in [2.24, 2.45) is 5.92 Å². The van der Waals surface area contributed by atoms with Crippen LogP contribution in [0.1, 0.15) is 56.7 Å². The Bertz CT molecular complexity index is 1410. The van der Waals surface area contributed by atoms with Gasteiger partial charge in [0.1, 0.15) is 23.4 Å². The largest absolute Gasteiger partial charge is 0.454 e. The van der Waals surface area contributed by atoms with E-state index in [2.05, 4.69) is 49.2 Å². The highest BCUT2D eigenvalue weighted by Crippen LogP contribution is 2.45. The Kier molecular flexibility index (Phi) is 10.1. The van der Waals surface area contributed by atoms with Crippen molar-refractivity contribution in [1.82, 2.24) is 0 Å². The highest BCUT2D eigenvalue weighted by Gasteiger charge is 2.52. The average molecular weight is 607 g/mol. The smallest absolute Gasteiger partial charge is 0.331 e. The van der Waals surface area contributed by atoms with Crippen molar-refractivity contribution in [3.63, 3.8) is 0 Å². The number of carbonyl (C=O) groups excluding carboxylic acids is 1. The van der Waals surface area contributed by atoms with Gasteiger partial charge in [0.15, 0.2) is 5.79 Å². The third-order valence-corrected chi connectivity index (χ3v) is 8.58. The number of aliphatic hydroxyl groups excluding tert-OH is 1. The molecule has 1 N–H and O–H groups in total. The van der Waals surface area contributed by atoms with Gasteiger partial charge >= 0.3 is 5.97 Å². The van der Waals surface area contributed by atoms with E-state index in [0.717, 1.165) is 23.1 Å². The van der Waals surface area contributed by atoms with Gasteiger partial charge in [-0.1, -0.05) is 116 Å². The quantitative estimate of drug-likeness (QED) is 0.107. The predicted octanol–water partition coefficient (Wildman–Crippen LogP) is 6.72. The third kappa shape index (κ3) is 7.13. The van der Waals surface area contributed by atoms with Crippen LogP contribution in [0.5, 0.6) is 0 Å². The van der Waals surface area contributed by atoms with E-state index in [1.54, 1.807) is 0 Å². The Labute approximate surface area is 266 Å². The zero-order chi connectivity index (χ0) is 31.9. The van der Waals surface area contributed by atoms with Gasteiger partial charge in [0, 0.05) is 24.8 Å². The normalized spacial score (nSPS) is 25.1. The molecule has 0 spiro atoms. The molecule has 2 aliphatic heterocycles. The number of hydrogen-bond donors (Lipinski definition) is 1. The summed E-state index contributed by atoms with van der Waals surface area (Å²) in [6.07, 6.45) is 12.0. The van der Waals surface area contributed by atoms with E-state index in [1.807, 2.05) is 86.7 Å². The van der Waals surface area contributed by atoms with Crippen LogP contribution in [0.15, 0.2) is 115 Å². The summed E-state index contributed by atoms with van der Waals surface area (Å²) in [6, 6.07) is 30.5. The minimum absolute atomic E-state index is 0.0271. The van der Waals surface area contributed by atoms with Crippen LogP contribution in [0.3, 0.4) is 0 Å². The average Bonchev–Trinajstić information content (AvgIpc) is 3.32. The molecule has 5 rings (SSSR count). The minimum atomic E-state index is -1.04. The summed E-state index contributed by atoms with van der Waals surface area (Å²) >= 11 is 0. The Hall–Kier alpha value is -3.99. The molecular weight excluding hydrogens is 564 g/mol. The summed E-state index contributed by atoms with van der Waals surface area (Å²) in [5.74, 6) is 1.10. The Morgan fingerprint density at radius 3 is 2.04 bits per heavy atom. The van der Waals surface area contributed by atoms with Crippen LogP contribution in [-0.4, -0.2) is 47.4 Å². The van der Waals surface area contributed by atoms with E-state index in [0.29, 0.717) is 6.42 Å². The topological polar surface area (TPSA) is 74.2 Å². The lowest BCUT2D eigenvalue weighted by molar-refractivity contribution is -0.160. The van der Waals surface area contributed by atoms with Crippen LogP contribution in [-0.2, 0) is 29.3 Å². The monoisotopic (exact) mass is 606 g/mol. The molecule has 0 aromatic heterocycles. The van der Waals surface area contributed by atoms with Gasteiger partial charge in [-0.25, -0.2) is 4.79 Å². The maximum Gasteiger partial charge on any atom is 0.331 e. The molecule has 2 heterocycles. The number of ether oxygens (including phenoxy) is 4. The number of cyclic esters (lactones) is 1. The molecule has 1 saturated heterocycles. The number of carbonyl (C=O) groups is 1. The fourth-order valence-electron chi connectivity index (χ4n) is 6.46. The molecule has 2 aliphatic rings. The first-order valence-electron chi connectivity index (χ1n) is 15.6. The Morgan fingerprint density at radius 2 is 1.53 bits per heavy atom. The van der Waals surface area contributed by atoms with Gasteiger partial charge in [0.2, 0.25) is 0 Å². The minimum Gasteiger partial charge on any atom is -0.454 e. The van der Waals surface area contributed by atoms with E-state index in [4.69, 9.17) is 25.4 Å². The zero-order valence-electron chi connectivity index (χ0n) is 26.2. The van der Waals surface area contributed by atoms with Crippen LogP contribution in [0.4, 0.5) is 0 Å². The lowest BCUT2D eigenvalue weighted by atomic mass is 9.80. The van der Waals surface area contributed by atoms with Gasteiger partial charge in [-0.3, -0.25) is 0 Å². The maximum absolute atomic E-state index is 12.2. The molecule has 0 radical (unpaired) electrons. The Morgan fingerprint density at radius 1 is 0.978 bits per heavy atom. The van der Waals surface area contributed by atoms with Crippen LogP contribution >= 0.6 is 0 Å². The first-order valence-corrected chi connectivity index (χ1v) is 15.6. The van der Waals surface area contributed by atoms with Gasteiger partial charge < -0.3 is 24.1 Å². The molecule has 0 amide bonds. The number of terminal acetylenes is 1. The van der Waals surface area contributed by atoms with E-state index >= 15 is 0 Å². The number of hydrogen-bond acceptors (Lipinski definition) is 6. The maximum atomic E-state index is 12.2. The lowest BCUT2D eigenvalue weighted by Crippen LogP contribution is -2.43. The van der Waals surface area contributed by atoms with Crippen molar-refractivity contribution in [1.29, 1.82) is 0 Å². The van der Waals surface area contributed by atoms with E-state index in [1.165, 1.54) is 6.08 Å².